The molecule has 0 saturated carbocycles. The highest BCUT2D eigenvalue weighted by atomic mass is 16.3. The average molecular weight is 166 g/mol. The van der Waals surface area contributed by atoms with Gasteiger partial charge in [0.1, 0.15) is 0 Å². The molecule has 0 fully saturated rings. The summed E-state index contributed by atoms with van der Waals surface area (Å²) in [7, 11) is 0. The number of hydrogen-bond acceptors (Lipinski definition) is 1. The van der Waals surface area contributed by atoms with E-state index >= 15 is 0 Å². The topological polar surface area (TPSA) is 20.2 Å². The Bertz CT molecular complexity index is 230. The van der Waals surface area contributed by atoms with E-state index in [9.17, 15) is 5.11 Å². The van der Waals surface area contributed by atoms with E-state index < -0.39 is 0 Å². The molecule has 0 aliphatic heterocycles. The van der Waals surface area contributed by atoms with Gasteiger partial charge in [-0.2, -0.15) is 0 Å². The van der Waals surface area contributed by atoms with Gasteiger partial charge in [0.25, 0.3) is 0 Å². The standard InChI is InChI=1S/C11H18O/c1-6-7(2)9(4)11(12)10(5)8(6)3/h9,11-12H,1-5H3. The Hall–Kier alpha value is -0.560. The molecule has 0 aromatic rings. The van der Waals surface area contributed by atoms with Gasteiger partial charge in [-0.3, -0.25) is 0 Å². The van der Waals surface area contributed by atoms with Gasteiger partial charge in [-0.25, -0.2) is 0 Å². The summed E-state index contributed by atoms with van der Waals surface area (Å²) in [6.07, 6.45) is -0.270. The van der Waals surface area contributed by atoms with Crippen LogP contribution in [0.4, 0.5) is 0 Å². The van der Waals surface area contributed by atoms with Crippen molar-refractivity contribution in [3.05, 3.63) is 22.3 Å². The van der Waals surface area contributed by atoms with Gasteiger partial charge in [-0.05, 0) is 44.4 Å². The first kappa shape index (κ1) is 9.53. The van der Waals surface area contributed by atoms with Crippen molar-refractivity contribution in [3.63, 3.8) is 0 Å². The van der Waals surface area contributed by atoms with Crippen molar-refractivity contribution in [2.24, 2.45) is 5.92 Å². The van der Waals surface area contributed by atoms with Crippen molar-refractivity contribution in [3.8, 4) is 0 Å². The number of rotatable bonds is 0. The summed E-state index contributed by atoms with van der Waals surface area (Å²) in [5.41, 5.74) is 5.07. The molecule has 1 heteroatoms. The third kappa shape index (κ3) is 1.22. The molecule has 0 aromatic carbocycles. The highest BCUT2D eigenvalue weighted by Crippen LogP contribution is 2.33. The fourth-order valence-electron chi connectivity index (χ4n) is 1.77. The largest absolute Gasteiger partial charge is 0.388 e. The van der Waals surface area contributed by atoms with Crippen LogP contribution in [0.3, 0.4) is 0 Å². The van der Waals surface area contributed by atoms with Crippen molar-refractivity contribution < 1.29 is 5.11 Å². The second kappa shape index (κ2) is 3.06. The van der Waals surface area contributed by atoms with Crippen LogP contribution in [-0.4, -0.2) is 11.2 Å². The van der Waals surface area contributed by atoms with Gasteiger partial charge in [0.2, 0.25) is 0 Å². The van der Waals surface area contributed by atoms with E-state index in [-0.39, 0.29) is 12.0 Å². The SMILES string of the molecule is CC1=C(C)C(C)C(O)C(C)=C1C. The van der Waals surface area contributed by atoms with Crippen LogP contribution in [0.15, 0.2) is 22.3 Å². The van der Waals surface area contributed by atoms with Crippen molar-refractivity contribution in [1.82, 2.24) is 0 Å². The molecule has 0 spiro atoms. The van der Waals surface area contributed by atoms with Crippen molar-refractivity contribution in [1.29, 1.82) is 0 Å². The van der Waals surface area contributed by atoms with Crippen LogP contribution in [-0.2, 0) is 0 Å². The summed E-state index contributed by atoms with van der Waals surface area (Å²) >= 11 is 0. The molecule has 2 unspecified atom stereocenters. The molecule has 1 nitrogen and oxygen atoms in total. The lowest BCUT2D eigenvalue weighted by Gasteiger charge is -2.29. The van der Waals surface area contributed by atoms with Gasteiger partial charge in [0, 0.05) is 5.92 Å². The molecule has 1 aliphatic rings. The van der Waals surface area contributed by atoms with E-state index in [1.165, 1.54) is 16.7 Å². The molecule has 12 heavy (non-hydrogen) atoms. The molecule has 1 rings (SSSR count). The molecule has 0 amide bonds. The lowest BCUT2D eigenvalue weighted by Crippen LogP contribution is -2.25. The van der Waals surface area contributed by atoms with Crippen molar-refractivity contribution in [2.45, 2.75) is 40.7 Å². The molecule has 1 aliphatic carbocycles. The minimum Gasteiger partial charge on any atom is -0.388 e. The maximum atomic E-state index is 9.81. The lowest BCUT2D eigenvalue weighted by molar-refractivity contribution is 0.163. The Morgan fingerprint density at radius 1 is 0.917 bits per heavy atom. The maximum absolute atomic E-state index is 9.81. The zero-order chi connectivity index (χ0) is 9.46. The molecule has 0 heterocycles. The van der Waals surface area contributed by atoms with Gasteiger partial charge < -0.3 is 5.11 Å². The highest BCUT2D eigenvalue weighted by Gasteiger charge is 2.25. The molecular formula is C11H18O. The maximum Gasteiger partial charge on any atom is 0.0815 e. The van der Waals surface area contributed by atoms with Gasteiger partial charge >= 0.3 is 0 Å². The lowest BCUT2D eigenvalue weighted by atomic mass is 9.80. The summed E-state index contributed by atoms with van der Waals surface area (Å²) < 4.78 is 0. The predicted molar refractivity (Wildman–Crippen MR) is 51.9 cm³/mol. The van der Waals surface area contributed by atoms with Gasteiger partial charge in [-0.15, -0.1) is 0 Å². The minimum absolute atomic E-state index is 0.270. The Labute approximate surface area is 74.8 Å². The molecule has 1 N–H and O–H groups in total. The normalized spacial score (nSPS) is 31.5. The number of allylic oxidation sites excluding steroid dienone is 2. The summed E-state index contributed by atoms with van der Waals surface area (Å²) in [5, 5.41) is 9.81. The Morgan fingerprint density at radius 2 is 1.33 bits per heavy atom. The van der Waals surface area contributed by atoms with Crippen LogP contribution in [0.2, 0.25) is 0 Å². The van der Waals surface area contributed by atoms with E-state index in [0.29, 0.717) is 0 Å². The number of hydrogen-bond donors (Lipinski definition) is 1. The van der Waals surface area contributed by atoms with Crippen LogP contribution in [0.25, 0.3) is 0 Å². The van der Waals surface area contributed by atoms with E-state index in [2.05, 4.69) is 27.7 Å². The second-order valence-corrected chi connectivity index (χ2v) is 3.85. The third-order valence-electron chi connectivity index (χ3n) is 3.35. The molecule has 68 valence electrons. The zero-order valence-electron chi connectivity index (χ0n) is 8.60. The average Bonchev–Trinajstić information content (AvgIpc) is 2.08. The van der Waals surface area contributed by atoms with E-state index in [1.54, 1.807) is 0 Å². The van der Waals surface area contributed by atoms with E-state index in [1.807, 2.05) is 6.92 Å². The second-order valence-electron chi connectivity index (χ2n) is 3.85. The Kier molecular flexibility index (Phi) is 2.43. The zero-order valence-corrected chi connectivity index (χ0v) is 8.60. The summed E-state index contributed by atoms with van der Waals surface area (Å²) in [5.74, 6) is 0.286. The van der Waals surface area contributed by atoms with Crippen LogP contribution in [0.5, 0.6) is 0 Å². The monoisotopic (exact) mass is 166 g/mol. The van der Waals surface area contributed by atoms with Crippen LogP contribution in [0.1, 0.15) is 34.6 Å². The first-order valence-electron chi connectivity index (χ1n) is 4.50. The smallest absolute Gasteiger partial charge is 0.0815 e. The minimum atomic E-state index is -0.270. The summed E-state index contributed by atoms with van der Waals surface area (Å²) in [4.78, 5) is 0. The molecule has 0 saturated heterocycles. The first-order valence-corrected chi connectivity index (χ1v) is 4.50. The quantitative estimate of drug-likeness (QED) is 0.586. The van der Waals surface area contributed by atoms with E-state index in [0.717, 1.165) is 5.57 Å². The van der Waals surface area contributed by atoms with Crippen LogP contribution < -0.4 is 0 Å². The fraction of sp³-hybridized carbons (Fsp3) is 0.636. The van der Waals surface area contributed by atoms with E-state index in [4.69, 9.17) is 0 Å². The number of aliphatic hydroxyl groups excluding tert-OH is 1. The fourth-order valence-corrected chi connectivity index (χ4v) is 1.77. The summed E-state index contributed by atoms with van der Waals surface area (Å²) in [6, 6.07) is 0. The van der Waals surface area contributed by atoms with Crippen LogP contribution >= 0.6 is 0 Å². The molecule has 0 aromatic heterocycles. The van der Waals surface area contributed by atoms with Crippen LogP contribution in [0, 0.1) is 5.92 Å². The molecule has 0 bridgehead atoms. The number of aliphatic hydroxyl groups is 1. The molecular weight excluding hydrogens is 148 g/mol. The summed E-state index contributed by atoms with van der Waals surface area (Å²) in [6.45, 7) is 10.4. The molecule has 2 atom stereocenters. The Morgan fingerprint density at radius 3 is 1.83 bits per heavy atom. The predicted octanol–water partition coefficient (Wildman–Crippen LogP) is 2.67. The Balaban J connectivity index is 3.18. The first-order chi connectivity index (χ1) is 5.46. The van der Waals surface area contributed by atoms with Gasteiger partial charge in [-0.1, -0.05) is 12.5 Å². The van der Waals surface area contributed by atoms with Gasteiger partial charge in [0.05, 0.1) is 6.10 Å². The van der Waals surface area contributed by atoms with Gasteiger partial charge in [0.15, 0.2) is 0 Å². The third-order valence-corrected chi connectivity index (χ3v) is 3.35. The van der Waals surface area contributed by atoms with Crippen molar-refractivity contribution >= 4 is 0 Å². The highest BCUT2D eigenvalue weighted by molar-refractivity contribution is 5.42. The van der Waals surface area contributed by atoms with Crippen molar-refractivity contribution in [2.75, 3.05) is 0 Å². The molecule has 0 radical (unpaired) electrons.